The average molecular weight is 536 g/mol. The van der Waals surface area contributed by atoms with Crippen LogP contribution in [0.2, 0.25) is 0 Å². The predicted octanol–water partition coefficient (Wildman–Crippen LogP) is 4.95. The molecule has 39 heavy (non-hydrogen) atoms. The number of carbonyl (C=O) groups is 1. The third-order valence-corrected chi connectivity index (χ3v) is 8.68. The van der Waals surface area contributed by atoms with Crippen molar-refractivity contribution in [2.75, 3.05) is 38.2 Å². The summed E-state index contributed by atoms with van der Waals surface area (Å²) < 4.78 is 22.9. The molecule has 2 N–H and O–H groups in total. The van der Waals surface area contributed by atoms with Crippen LogP contribution in [0.5, 0.6) is 0 Å². The second-order valence-corrected chi connectivity index (χ2v) is 11.3. The number of ether oxygens (including phenoxy) is 1. The van der Waals surface area contributed by atoms with Gasteiger partial charge < -0.3 is 15.2 Å². The molecule has 0 saturated carbocycles. The number of para-hydroxylation sites is 1. The number of hydrogen-bond donors (Lipinski definition) is 2. The number of pyridine rings is 1. The van der Waals surface area contributed by atoms with Crippen LogP contribution >= 0.6 is 0 Å². The number of hydrogen-bond acceptors (Lipinski definition) is 6. The Balaban J connectivity index is 1.07. The summed E-state index contributed by atoms with van der Waals surface area (Å²) >= 11 is 0. The van der Waals surface area contributed by atoms with E-state index in [4.69, 9.17) is 9.72 Å². The quantitative estimate of drug-likeness (QED) is 0.355. The molecule has 2 fully saturated rings. The van der Waals surface area contributed by atoms with E-state index in [0.717, 1.165) is 73.0 Å². The molecule has 0 aliphatic carbocycles. The lowest BCUT2D eigenvalue weighted by Crippen LogP contribution is -2.34. The van der Waals surface area contributed by atoms with Crippen molar-refractivity contribution in [1.82, 2.24) is 19.7 Å². The Kier molecular flexibility index (Phi) is 7.79. The van der Waals surface area contributed by atoms with Crippen LogP contribution in [0.1, 0.15) is 67.4 Å². The SMILES string of the molecule is O=C(O)[C@H](c1cccc2cnn([C@H]3CCOC3)c12)N1CC[C@@H](C(F)CCCCc2ccc3c(n2)NCCC3)C1. The topological polar surface area (TPSA) is 92.5 Å². The van der Waals surface area contributed by atoms with Crippen LogP contribution in [0.25, 0.3) is 10.9 Å². The van der Waals surface area contributed by atoms with Crippen molar-refractivity contribution in [2.45, 2.75) is 69.6 Å². The number of unbranched alkanes of at least 4 members (excludes halogenated alkanes) is 1. The molecule has 3 aliphatic rings. The van der Waals surface area contributed by atoms with Gasteiger partial charge in [-0.15, -0.1) is 0 Å². The molecule has 0 amide bonds. The Morgan fingerprint density at radius 3 is 3.00 bits per heavy atom. The lowest BCUT2D eigenvalue weighted by Gasteiger charge is -2.26. The summed E-state index contributed by atoms with van der Waals surface area (Å²) in [6.45, 7) is 3.27. The summed E-state index contributed by atoms with van der Waals surface area (Å²) in [6, 6.07) is 9.30. The monoisotopic (exact) mass is 535 g/mol. The minimum atomic E-state index is -0.931. The van der Waals surface area contributed by atoms with Gasteiger partial charge in [0.15, 0.2) is 0 Å². The molecule has 1 unspecified atom stereocenters. The number of alkyl halides is 1. The lowest BCUT2D eigenvalue weighted by atomic mass is 9.97. The average Bonchev–Trinajstić information content (AvgIpc) is 3.72. The van der Waals surface area contributed by atoms with E-state index in [0.29, 0.717) is 39.1 Å². The fraction of sp³-hybridized carbons (Fsp3) is 0.567. The zero-order valence-corrected chi connectivity index (χ0v) is 22.4. The number of benzene rings is 1. The first-order valence-electron chi connectivity index (χ1n) is 14.5. The van der Waals surface area contributed by atoms with E-state index >= 15 is 4.39 Å². The number of nitrogens with zero attached hydrogens (tertiary/aromatic N) is 4. The molecule has 5 heterocycles. The third-order valence-electron chi connectivity index (χ3n) is 8.68. The number of likely N-dealkylation sites (tertiary alicyclic amines) is 1. The molecule has 9 heteroatoms. The number of nitrogens with one attached hydrogen (secondary N) is 1. The molecule has 2 aromatic heterocycles. The number of carboxylic acids is 1. The standard InChI is InChI=1S/C30H38FN5O3/c31-26(9-2-1-7-23-11-10-20-6-4-14-32-29(20)34-23)22-12-15-35(18-22)28(30(37)38)25-8-3-5-21-17-33-36(27(21)25)24-13-16-39-19-24/h3,5,8,10-11,17,22,24,26,28H,1-2,4,6-7,9,12-16,18-19H2,(H,32,34)(H,37,38)/t22-,24+,26?,28+/m1/s1. The van der Waals surface area contributed by atoms with E-state index in [1.54, 1.807) is 6.20 Å². The number of fused-ring (bicyclic) bond motifs is 2. The molecular weight excluding hydrogens is 497 g/mol. The van der Waals surface area contributed by atoms with E-state index in [1.807, 2.05) is 27.8 Å². The predicted molar refractivity (Wildman–Crippen MR) is 148 cm³/mol. The van der Waals surface area contributed by atoms with Gasteiger partial charge in [-0.1, -0.05) is 30.7 Å². The number of rotatable bonds is 10. The van der Waals surface area contributed by atoms with Gasteiger partial charge in [-0.2, -0.15) is 5.10 Å². The van der Waals surface area contributed by atoms with Gasteiger partial charge in [0.1, 0.15) is 18.0 Å². The zero-order valence-electron chi connectivity index (χ0n) is 22.4. The maximum Gasteiger partial charge on any atom is 0.325 e. The molecule has 208 valence electrons. The maximum absolute atomic E-state index is 15.3. The number of aryl methyl sites for hydroxylation is 2. The highest BCUT2D eigenvalue weighted by Crippen LogP contribution is 2.36. The number of halogens is 1. The molecular formula is C30H38FN5O3. The summed E-state index contributed by atoms with van der Waals surface area (Å²) in [5.74, 6) is -0.0391. The number of aromatic nitrogens is 3. The third kappa shape index (κ3) is 5.52. The molecule has 2 saturated heterocycles. The Bertz CT molecular complexity index is 1310. The fourth-order valence-corrected chi connectivity index (χ4v) is 6.56. The molecule has 6 rings (SSSR count). The first-order valence-corrected chi connectivity index (χ1v) is 14.5. The maximum atomic E-state index is 15.3. The van der Waals surface area contributed by atoms with Gasteiger partial charge in [0.05, 0.1) is 24.4 Å². The molecule has 4 atom stereocenters. The van der Waals surface area contributed by atoms with Crippen molar-refractivity contribution < 1.29 is 19.0 Å². The zero-order chi connectivity index (χ0) is 26.8. The van der Waals surface area contributed by atoms with E-state index in [2.05, 4.69) is 22.5 Å². The van der Waals surface area contributed by atoms with Crippen LogP contribution < -0.4 is 5.32 Å². The highest BCUT2D eigenvalue weighted by Gasteiger charge is 2.38. The van der Waals surface area contributed by atoms with Crippen LogP contribution in [0.4, 0.5) is 10.2 Å². The Labute approximate surface area is 228 Å². The van der Waals surface area contributed by atoms with Gasteiger partial charge >= 0.3 is 5.97 Å². The van der Waals surface area contributed by atoms with E-state index < -0.39 is 18.2 Å². The van der Waals surface area contributed by atoms with E-state index in [9.17, 15) is 9.90 Å². The minimum Gasteiger partial charge on any atom is -0.480 e. The highest BCUT2D eigenvalue weighted by molar-refractivity contribution is 5.88. The van der Waals surface area contributed by atoms with Crippen LogP contribution in [-0.4, -0.2) is 69.8 Å². The summed E-state index contributed by atoms with van der Waals surface area (Å²) in [5, 5.41) is 19.2. The summed E-state index contributed by atoms with van der Waals surface area (Å²) in [4.78, 5) is 19.3. The molecule has 0 radical (unpaired) electrons. The largest absolute Gasteiger partial charge is 0.480 e. The van der Waals surface area contributed by atoms with Gasteiger partial charge in [-0.25, -0.2) is 9.37 Å². The summed E-state index contributed by atoms with van der Waals surface area (Å²) in [6.07, 6.45) is 7.68. The first kappa shape index (κ1) is 26.2. The van der Waals surface area contributed by atoms with Crippen molar-refractivity contribution in [3.05, 3.63) is 53.3 Å². The molecule has 1 aromatic carbocycles. The Hall–Kier alpha value is -3.04. The summed E-state index contributed by atoms with van der Waals surface area (Å²) in [5.41, 5.74) is 3.93. The normalized spacial score (nSPS) is 23.0. The van der Waals surface area contributed by atoms with Gasteiger partial charge in [0, 0.05) is 42.3 Å². The Morgan fingerprint density at radius 2 is 2.15 bits per heavy atom. The van der Waals surface area contributed by atoms with Crippen LogP contribution in [-0.2, 0) is 22.4 Å². The fourth-order valence-electron chi connectivity index (χ4n) is 6.56. The number of carboxylic acid groups (broad SMARTS) is 1. The van der Waals surface area contributed by atoms with E-state index in [1.165, 1.54) is 5.56 Å². The summed E-state index contributed by atoms with van der Waals surface area (Å²) in [7, 11) is 0. The number of anilines is 1. The first-order chi connectivity index (χ1) is 19.1. The minimum absolute atomic E-state index is 0.104. The highest BCUT2D eigenvalue weighted by atomic mass is 19.1. The van der Waals surface area contributed by atoms with Gasteiger partial charge in [-0.05, 0) is 63.1 Å². The van der Waals surface area contributed by atoms with Crippen LogP contribution in [0.15, 0.2) is 36.5 Å². The molecule has 8 nitrogen and oxygen atoms in total. The molecule has 3 aliphatic heterocycles. The van der Waals surface area contributed by atoms with Crippen molar-refractivity contribution >= 4 is 22.7 Å². The lowest BCUT2D eigenvalue weighted by molar-refractivity contribution is -0.143. The van der Waals surface area contributed by atoms with Gasteiger partial charge in [0.25, 0.3) is 0 Å². The van der Waals surface area contributed by atoms with Gasteiger partial charge in [0.2, 0.25) is 0 Å². The second-order valence-electron chi connectivity index (χ2n) is 11.3. The molecule has 0 spiro atoms. The Morgan fingerprint density at radius 1 is 1.23 bits per heavy atom. The van der Waals surface area contributed by atoms with Crippen molar-refractivity contribution in [1.29, 1.82) is 0 Å². The number of aliphatic carboxylic acids is 1. The second kappa shape index (κ2) is 11.6. The van der Waals surface area contributed by atoms with Crippen molar-refractivity contribution in [3.63, 3.8) is 0 Å². The van der Waals surface area contributed by atoms with Crippen molar-refractivity contribution in [2.24, 2.45) is 5.92 Å². The van der Waals surface area contributed by atoms with Crippen LogP contribution in [0, 0.1) is 5.92 Å². The van der Waals surface area contributed by atoms with Crippen molar-refractivity contribution in [3.8, 4) is 0 Å². The van der Waals surface area contributed by atoms with E-state index in [-0.39, 0.29) is 12.0 Å². The smallest absolute Gasteiger partial charge is 0.325 e. The van der Waals surface area contributed by atoms with Gasteiger partial charge in [-0.3, -0.25) is 14.4 Å². The molecule has 0 bridgehead atoms. The van der Waals surface area contributed by atoms with Crippen LogP contribution in [0.3, 0.4) is 0 Å². The molecule has 3 aromatic rings.